The quantitative estimate of drug-likeness (QED) is 0.793. The van der Waals surface area contributed by atoms with Gasteiger partial charge in [0.15, 0.2) is 0 Å². The number of amides is 1. The summed E-state index contributed by atoms with van der Waals surface area (Å²) in [5.41, 5.74) is 0.870. The van der Waals surface area contributed by atoms with Crippen LogP contribution in [0, 0.1) is 0 Å². The first-order chi connectivity index (χ1) is 9.27. The summed E-state index contributed by atoms with van der Waals surface area (Å²) in [5, 5.41) is 3.05. The zero-order valence-electron chi connectivity index (χ0n) is 12.2. The second kappa shape index (κ2) is 6.83. The van der Waals surface area contributed by atoms with E-state index in [4.69, 9.17) is 0 Å². The topological polar surface area (TPSA) is 78.5 Å². The zero-order valence-corrected chi connectivity index (χ0v) is 13.0. The predicted octanol–water partition coefficient (Wildman–Crippen LogP) is 0.334. The van der Waals surface area contributed by atoms with Crippen molar-refractivity contribution in [1.29, 1.82) is 0 Å². The minimum Gasteiger partial charge on any atom is -0.348 e. The summed E-state index contributed by atoms with van der Waals surface area (Å²) in [6.07, 6.45) is 0. The largest absolute Gasteiger partial charge is 0.348 e. The van der Waals surface area contributed by atoms with E-state index in [1.54, 1.807) is 33.3 Å². The third kappa shape index (κ3) is 4.29. The Labute approximate surface area is 120 Å². The number of hydrogen-bond acceptors (Lipinski definition) is 4. The molecule has 1 aromatic rings. The standard InChI is InChI=1S/C13H21N3O3S/c1-10(14-2)11-6-5-7-12(8-11)20(18,19)15-9-13(17)16(3)4/h5-8,10,14-15H,9H2,1-4H3. The maximum Gasteiger partial charge on any atom is 0.241 e. The molecule has 0 aliphatic rings. The fourth-order valence-corrected chi connectivity index (χ4v) is 2.55. The molecule has 0 fully saturated rings. The van der Waals surface area contributed by atoms with E-state index < -0.39 is 10.0 Å². The molecular weight excluding hydrogens is 278 g/mol. The van der Waals surface area contributed by atoms with E-state index in [9.17, 15) is 13.2 Å². The van der Waals surface area contributed by atoms with Crippen LogP contribution in [0.4, 0.5) is 0 Å². The molecule has 0 saturated heterocycles. The Kier molecular flexibility index (Phi) is 5.67. The highest BCUT2D eigenvalue weighted by atomic mass is 32.2. The zero-order chi connectivity index (χ0) is 15.3. The molecule has 112 valence electrons. The van der Waals surface area contributed by atoms with Crippen LogP contribution < -0.4 is 10.0 Å². The van der Waals surface area contributed by atoms with Gasteiger partial charge in [0.05, 0.1) is 11.4 Å². The van der Waals surface area contributed by atoms with Gasteiger partial charge in [-0.2, -0.15) is 0 Å². The average molecular weight is 299 g/mol. The van der Waals surface area contributed by atoms with E-state index in [1.165, 1.54) is 11.0 Å². The van der Waals surface area contributed by atoms with Gasteiger partial charge in [-0.05, 0) is 31.7 Å². The molecule has 0 heterocycles. The molecule has 1 rings (SSSR count). The van der Waals surface area contributed by atoms with Crippen LogP contribution in [-0.2, 0) is 14.8 Å². The molecular formula is C13H21N3O3S. The van der Waals surface area contributed by atoms with Crippen molar-refractivity contribution in [1.82, 2.24) is 14.9 Å². The molecule has 0 radical (unpaired) electrons. The van der Waals surface area contributed by atoms with Crippen LogP contribution in [0.5, 0.6) is 0 Å². The number of carbonyl (C=O) groups excluding carboxylic acids is 1. The SMILES string of the molecule is CNC(C)c1cccc(S(=O)(=O)NCC(=O)N(C)C)c1. The molecule has 0 aliphatic heterocycles. The number of nitrogens with zero attached hydrogens (tertiary/aromatic N) is 1. The van der Waals surface area contributed by atoms with Gasteiger partial charge in [-0.25, -0.2) is 13.1 Å². The van der Waals surface area contributed by atoms with Gasteiger partial charge in [0, 0.05) is 20.1 Å². The number of nitrogens with one attached hydrogen (secondary N) is 2. The van der Waals surface area contributed by atoms with Crippen molar-refractivity contribution in [3.63, 3.8) is 0 Å². The van der Waals surface area contributed by atoms with Crippen LogP contribution in [0.3, 0.4) is 0 Å². The Bertz CT molecular complexity index is 570. The Morgan fingerprint density at radius 1 is 1.35 bits per heavy atom. The first-order valence-corrected chi connectivity index (χ1v) is 7.73. The summed E-state index contributed by atoms with van der Waals surface area (Å²) < 4.78 is 26.5. The van der Waals surface area contributed by atoms with Crippen molar-refractivity contribution >= 4 is 15.9 Å². The molecule has 6 nitrogen and oxygen atoms in total. The van der Waals surface area contributed by atoms with Gasteiger partial charge >= 0.3 is 0 Å². The van der Waals surface area contributed by atoms with Crippen molar-refractivity contribution in [2.24, 2.45) is 0 Å². The first kappa shape index (κ1) is 16.6. The fourth-order valence-electron chi connectivity index (χ4n) is 1.52. The van der Waals surface area contributed by atoms with Gasteiger partial charge in [0.2, 0.25) is 15.9 Å². The van der Waals surface area contributed by atoms with Crippen molar-refractivity contribution in [3.05, 3.63) is 29.8 Å². The van der Waals surface area contributed by atoms with E-state index in [0.29, 0.717) is 0 Å². The van der Waals surface area contributed by atoms with E-state index in [1.807, 2.05) is 13.0 Å². The maximum atomic E-state index is 12.1. The van der Waals surface area contributed by atoms with Crippen LogP contribution in [0.1, 0.15) is 18.5 Å². The van der Waals surface area contributed by atoms with Crippen molar-refractivity contribution in [2.45, 2.75) is 17.9 Å². The predicted molar refractivity (Wildman–Crippen MR) is 77.8 cm³/mol. The van der Waals surface area contributed by atoms with Gasteiger partial charge in [0.1, 0.15) is 0 Å². The van der Waals surface area contributed by atoms with Gasteiger partial charge in [0.25, 0.3) is 0 Å². The molecule has 0 aromatic heterocycles. The molecule has 2 N–H and O–H groups in total. The number of hydrogen-bond donors (Lipinski definition) is 2. The maximum absolute atomic E-state index is 12.1. The van der Waals surface area contributed by atoms with Crippen LogP contribution in [0.15, 0.2) is 29.2 Å². The third-order valence-corrected chi connectivity index (χ3v) is 4.41. The van der Waals surface area contributed by atoms with Crippen molar-refractivity contribution in [2.75, 3.05) is 27.7 Å². The monoisotopic (exact) mass is 299 g/mol. The molecule has 0 spiro atoms. The highest BCUT2D eigenvalue weighted by Crippen LogP contribution is 2.16. The number of rotatable bonds is 6. The van der Waals surface area contributed by atoms with Crippen LogP contribution in [-0.4, -0.2) is 46.9 Å². The van der Waals surface area contributed by atoms with Gasteiger partial charge in [-0.15, -0.1) is 0 Å². The fraction of sp³-hybridized carbons (Fsp3) is 0.462. The van der Waals surface area contributed by atoms with Crippen LogP contribution >= 0.6 is 0 Å². The molecule has 0 bridgehead atoms. The molecule has 7 heteroatoms. The smallest absolute Gasteiger partial charge is 0.241 e. The molecule has 0 aliphatic carbocycles. The number of likely N-dealkylation sites (N-methyl/N-ethyl adjacent to an activating group) is 1. The van der Waals surface area contributed by atoms with E-state index in [-0.39, 0.29) is 23.4 Å². The molecule has 0 saturated carbocycles. The summed E-state index contributed by atoms with van der Waals surface area (Å²) in [5.74, 6) is -0.298. The van der Waals surface area contributed by atoms with Gasteiger partial charge in [-0.3, -0.25) is 4.79 Å². The Balaban J connectivity index is 2.90. The lowest BCUT2D eigenvalue weighted by atomic mass is 10.1. The molecule has 1 aromatic carbocycles. The lowest BCUT2D eigenvalue weighted by Crippen LogP contribution is -2.36. The van der Waals surface area contributed by atoms with Crippen molar-refractivity contribution < 1.29 is 13.2 Å². The summed E-state index contributed by atoms with van der Waals surface area (Å²) in [7, 11) is 1.28. The number of benzene rings is 1. The summed E-state index contributed by atoms with van der Waals surface area (Å²) in [4.78, 5) is 12.9. The summed E-state index contributed by atoms with van der Waals surface area (Å²) >= 11 is 0. The first-order valence-electron chi connectivity index (χ1n) is 6.25. The van der Waals surface area contributed by atoms with Crippen LogP contribution in [0.2, 0.25) is 0 Å². The second-order valence-electron chi connectivity index (χ2n) is 4.70. The lowest BCUT2D eigenvalue weighted by Gasteiger charge is -2.14. The average Bonchev–Trinajstić information content (AvgIpc) is 2.43. The highest BCUT2D eigenvalue weighted by molar-refractivity contribution is 7.89. The normalized spacial score (nSPS) is 13.0. The highest BCUT2D eigenvalue weighted by Gasteiger charge is 2.17. The van der Waals surface area contributed by atoms with Gasteiger partial charge < -0.3 is 10.2 Å². The molecule has 1 unspecified atom stereocenters. The summed E-state index contributed by atoms with van der Waals surface area (Å²) in [6.45, 7) is 1.69. The molecule has 20 heavy (non-hydrogen) atoms. The third-order valence-electron chi connectivity index (χ3n) is 3.01. The Morgan fingerprint density at radius 2 is 2.00 bits per heavy atom. The van der Waals surface area contributed by atoms with E-state index >= 15 is 0 Å². The minimum atomic E-state index is -3.68. The Hall–Kier alpha value is -1.44. The second-order valence-corrected chi connectivity index (χ2v) is 6.46. The van der Waals surface area contributed by atoms with E-state index in [0.717, 1.165) is 5.56 Å². The Morgan fingerprint density at radius 3 is 2.55 bits per heavy atom. The number of carbonyl (C=O) groups is 1. The van der Waals surface area contributed by atoms with Crippen molar-refractivity contribution in [3.8, 4) is 0 Å². The molecule has 1 atom stereocenters. The number of sulfonamides is 1. The van der Waals surface area contributed by atoms with Gasteiger partial charge in [-0.1, -0.05) is 12.1 Å². The summed E-state index contributed by atoms with van der Waals surface area (Å²) in [6, 6.07) is 6.70. The molecule has 1 amide bonds. The van der Waals surface area contributed by atoms with E-state index in [2.05, 4.69) is 10.0 Å². The lowest BCUT2D eigenvalue weighted by molar-refractivity contribution is -0.127. The minimum absolute atomic E-state index is 0.0496. The van der Waals surface area contributed by atoms with Crippen LogP contribution in [0.25, 0.3) is 0 Å².